The molecule has 1 amide bonds. The van der Waals surface area contributed by atoms with Gasteiger partial charge in [-0.05, 0) is 79.1 Å². The molecule has 1 aromatic carbocycles. The zero-order valence-electron chi connectivity index (χ0n) is 16.9. The summed E-state index contributed by atoms with van der Waals surface area (Å²) in [6, 6.07) is 8.15. The number of piperidine rings is 1. The number of benzene rings is 1. The molecule has 4 rings (SSSR count). The summed E-state index contributed by atoms with van der Waals surface area (Å²) in [7, 11) is 0. The van der Waals surface area contributed by atoms with E-state index in [4.69, 9.17) is 4.74 Å². The molecule has 2 aliphatic heterocycles. The van der Waals surface area contributed by atoms with Crippen LogP contribution in [0.4, 0.5) is 10.2 Å². The summed E-state index contributed by atoms with van der Waals surface area (Å²) in [6.07, 6.45) is 8.86. The summed E-state index contributed by atoms with van der Waals surface area (Å²) in [6.45, 7) is 5.97. The fourth-order valence-corrected chi connectivity index (χ4v) is 3.78. The van der Waals surface area contributed by atoms with Crippen LogP contribution in [0.5, 0.6) is 5.75 Å². The molecule has 0 radical (unpaired) electrons. The third-order valence-corrected chi connectivity index (χ3v) is 5.62. The highest BCUT2D eigenvalue weighted by Crippen LogP contribution is 2.25. The lowest BCUT2D eigenvalue weighted by atomic mass is 9.97. The molecular weight excluding hydrogens is 381 g/mol. The molecular formula is C24H26FN3O2. The highest BCUT2D eigenvalue weighted by Gasteiger charge is 2.22. The maximum Gasteiger partial charge on any atom is 0.246 e. The van der Waals surface area contributed by atoms with E-state index in [1.807, 2.05) is 11.0 Å². The van der Waals surface area contributed by atoms with Crippen molar-refractivity contribution in [2.75, 3.05) is 25.0 Å². The van der Waals surface area contributed by atoms with Crippen LogP contribution in [0.15, 0.2) is 54.9 Å². The molecule has 0 aliphatic carbocycles. The molecule has 3 heterocycles. The van der Waals surface area contributed by atoms with Crippen LogP contribution in [0.1, 0.15) is 30.4 Å². The van der Waals surface area contributed by atoms with Crippen LogP contribution in [-0.2, 0) is 11.2 Å². The Morgan fingerprint density at radius 2 is 2.03 bits per heavy atom. The summed E-state index contributed by atoms with van der Waals surface area (Å²) in [4.78, 5) is 18.9. The second-order valence-corrected chi connectivity index (χ2v) is 7.87. The third-order valence-electron chi connectivity index (χ3n) is 5.62. The molecule has 2 aromatic rings. The van der Waals surface area contributed by atoms with Gasteiger partial charge in [0.15, 0.2) is 0 Å². The number of fused-ring (bicyclic) bond motifs is 1. The van der Waals surface area contributed by atoms with Gasteiger partial charge in [0, 0.05) is 31.1 Å². The Kier molecular flexibility index (Phi) is 6.12. The van der Waals surface area contributed by atoms with Crippen LogP contribution in [-0.4, -0.2) is 35.5 Å². The Labute approximate surface area is 176 Å². The number of aryl methyl sites for hydroxylation is 1. The molecule has 5 nitrogen and oxygen atoms in total. The Morgan fingerprint density at radius 3 is 2.80 bits per heavy atom. The number of hydrogen-bond acceptors (Lipinski definition) is 4. The summed E-state index contributed by atoms with van der Waals surface area (Å²) in [5.41, 5.74) is 3.07. The molecule has 6 heteroatoms. The number of carbonyl (C=O) groups is 1. The van der Waals surface area contributed by atoms with E-state index in [0.29, 0.717) is 18.3 Å². The number of anilines is 1. The van der Waals surface area contributed by atoms with Crippen molar-refractivity contribution < 1.29 is 13.9 Å². The smallest absolute Gasteiger partial charge is 0.246 e. The third kappa shape index (κ3) is 5.06. The van der Waals surface area contributed by atoms with Gasteiger partial charge in [0.05, 0.1) is 6.61 Å². The number of rotatable bonds is 5. The topological polar surface area (TPSA) is 54.5 Å². The highest BCUT2D eigenvalue weighted by molar-refractivity contribution is 5.91. The van der Waals surface area contributed by atoms with Crippen LogP contribution in [0.2, 0.25) is 0 Å². The Hall–Kier alpha value is -3.15. The molecule has 0 atom stereocenters. The van der Waals surface area contributed by atoms with E-state index in [1.165, 1.54) is 12.1 Å². The molecule has 1 N–H and O–H groups in total. The van der Waals surface area contributed by atoms with Gasteiger partial charge in [0.2, 0.25) is 5.91 Å². The van der Waals surface area contributed by atoms with E-state index in [1.54, 1.807) is 24.4 Å². The fourth-order valence-electron chi connectivity index (χ4n) is 3.78. The van der Waals surface area contributed by atoms with Crippen LogP contribution in [0, 0.1) is 11.7 Å². The lowest BCUT2D eigenvalue weighted by molar-refractivity contribution is -0.127. The SMILES string of the molecule is C=C1CCc2cc(/C=C/C(=O)N3CCC(COc4ccc(F)cc4)CC3)cnc2N1. The molecule has 1 saturated heterocycles. The zero-order valence-corrected chi connectivity index (χ0v) is 16.9. The van der Waals surface area contributed by atoms with E-state index < -0.39 is 0 Å². The van der Waals surface area contributed by atoms with Crippen LogP contribution >= 0.6 is 0 Å². The van der Waals surface area contributed by atoms with Gasteiger partial charge < -0.3 is 15.0 Å². The van der Waals surface area contributed by atoms with Gasteiger partial charge in [-0.2, -0.15) is 0 Å². The number of pyridine rings is 1. The molecule has 0 saturated carbocycles. The van der Waals surface area contributed by atoms with E-state index in [2.05, 4.69) is 22.9 Å². The number of allylic oxidation sites excluding steroid dienone is 1. The number of amides is 1. The second-order valence-electron chi connectivity index (χ2n) is 7.87. The molecule has 0 unspecified atom stereocenters. The molecule has 0 bridgehead atoms. The minimum Gasteiger partial charge on any atom is -0.493 e. The maximum atomic E-state index is 13.0. The maximum absolute atomic E-state index is 13.0. The first-order valence-corrected chi connectivity index (χ1v) is 10.4. The summed E-state index contributed by atoms with van der Waals surface area (Å²) in [5, 5.41) is 3.20. The minimum atomic E-state index is -0.268. The lowest BCUT2D eigenvalue weighted by Gasteiger charge is -2.31. The quantitative estimate of drug-likeness (QED) is 0.746. The van der Waals surface area contributed by atoms with E-state index >= 15 is 0 Å². The number of hydrogen-bond donors (Lipinski definition) is 1. The van der Waals surface area contributed by atoms with Crippen molar-refractivity contribution in [2.24, 2.45) is 5.92 Å². The van der Waals surface area contributed by atoms with Gasteiger partial charge >= 0.3 is 0 Å². The number of aromatic nitrogens is 1. The van der Waals surface area contributed by atoms with Gasteiger partial charge in [-0.3, -0.25) is 4.79 Å². The summed E-state index contributed by atoms with van der Waals surface area (Å²) < 4.78 is 18.7. The van der Waals surface area contributed by atoms with Crippen molar-refractivity contribution in [3.8, 4) is 5.75 Å². The van der Waals surface area contributed by atoms with Gasteiger partial charge in [-0.15, -0.1) is 0 Å². The molecule has 156 valence electrons. The Morgan fingerprint density at radius 1 is 1.27 bits per heavy atom. The van der Waals surface area contributed by atoms with E-state index in [9.17, 15) is 9.18 Å². The van der Waals surface area contributed by atoms with E-state index in [-0.39, 0.29) is 11.7 Å². The first kappa shape index (κ1) is 20.1. The van der Waals surface area contributed by atoms with Gasteiger partial charge in [-0.25, -0.2) is 9.37 Å². The van der Waals surface area contributed by atoms with Crippen LogP contribution in [0.25, 0.3) is 6.08 Å². The Bertz CT molecular complexity index is 947. The van der Waals surface area contributed by atoms with Crippen molar-refractivity contribution >= 4 is 17.8 Å². The number of nitrogens with zero attached hydrogens (tertiary/aromatic N) is 2. The molecule has 1 fully saturated rings. The average Bonchev–Trinajstić information content (AvgIpc) is 2.77. The normalized spacial score (nSPS) is 17.0. The van der Waals surface area contributed by atoms with Crippen LogP contribution < -0.4 is 10.1 Å². The number of halogens is 1. The van der Waals surface area contributed by atoms with Crippen molar-refractivity contribution in [3.05, 3.63) is 71.8 Å². The van der Waals surface area contributed by atoms with Gasteiger partial charge in [0.25, 0.3) is 0 Å². The number of ether oxygens (including phenoxy) is 1. The molecule has 0 spiro atoms. The van der Waals surface area contributed by atoms with E-state index in [0.717, 1.165) is 61.4 Å². The van der Waals surface area contributed by atoms with Crippen molar-refractivity contribution in [3.63, 3.8) is 0 Å². The lowest BCUT2D eigenvalue weighted by Crippen LogP contribution is -2.38. The average molecular weight is 407 g/mol. The van der Waals surface area contributed by atoms with Crippen molar-refractivity contribution in [2.45, 2.75) is 25.7 Å². The minimum absolute atomic E-state index is 0.0251. The van der Waals surface area contributed by atoms with Crippen molar-refractivity contribution in [1.29, 1.82) is 0 Å². The predicted molar refractivity (Wildman–Crippen MR) is 116 cm³/mol. The predicted octanol–water partition coefficient (Wildman–Crippen LogP) is 4.42. The zero-order chi connectivity index (χ0) is 20.9. The van der Waals surface area contributed by atoms with Gasteiger partial charge in [0.1, 0.15) is 17.4 Å². The number of carbonyl (C=O) groups excluding carboxylic acids is 1. The first-order valence-electron chi connectivity index (χ1n) is 10.4. The second kappa shape index (κ2) is 9.11. The molecule has 30 heavy (non-hydrogen) atoms. The summed E-state index contributed by atoms with van der Waals surface area (Å²) in [5.74, 6) is 1.69. The Balaban J connectivity index is 1.25. The van der Waals surface area contributed by atoms with Gasteiger partial charge in [-0.1, -0.05) is 6.58 Å². The summed E-state index contributed by atoms with van der Waals surface area (Å²) >= 11 is 0. The standard InChI is InChI=1S/C24H26FN3O2/c1-17-2-4-20-14-19(15-26-24(20)27-17)3-9-23(29)28-12-10-18(11-13-28)16-30-22-7-5-21(25)6-8-22/h3,5-9,14-15,18H,1-2,4,10-13,16H2,(H,26,27)/b9-3+. The van der Waals surface area contributed by atoms with Crippen LogP contribution in [0.3, 0.4) is 0 Å². The molecule has 2 aliphatic rings. The fraction of sp³-hybridized carbons (Fsp3) is 0.333. The number of likely N-dealkylation sites (tertiary alicyclic amines) is 1. The monoisotopic (exact) mass is 407 g/mol. The first-order chi connectivity index (χ1) is 14.6. The number of nitrogens with one attached hydrogen (secondary N) is 1. The van der Waals surface area contributed by atoms with Crippen molar-refractivity contribution in [1.82, 2.24) is 9.88 Å². The molecule has 1 aromatic heterocycles. The largest absolute Gasteiger partial charge is 0.493 e. The highest BCUT2D eigenvalue weighted by atomic mass is 19.1.